The Morgan fingerprint density at radius 2 is 1.83 bits per heavy atom. The maximum absolute atomic E-state index is 13.7. The van der Waals surface area contributed by atoms with Gasteiger partial charge in [-0.1, -0.05) is 48.9 Å². The molecule has 9 nitrogen and oxygen atoms in total. The van der Waals surface area contributed by atoms with Gasteiger partial charge in [0.05, 0.1) is 36.1 Å². The van der Waals surface area contributed by atoms with Crippen LogP contribution in [0.3, 0.4) is 0 Å². The minimum atomic E-state index is -3.84. The van der Waals surface area contributed by atoms with E-state index in [1.54, 1.807) is 30.0 Å². The number of benzene rings is 3. The van der Waals surface area contributed by atoms with Gasteiger partial charge in [-0.25, -0.2) is 8.42 Å². The Morgan fingerprint density at radius 1 is 1.15 bits per heavy atom. The summed E-state index contributed by atoms with van der Waals surface area (Å²) in [5, 5.41) is 13.2. The van der Waals surface area contributed by atoms with Crippen LogP contribution in [0, 0.1) is 5.92 Å². The molecule has 1 aliphatic rings. The van der Waals surface area contributed by atoms with Crippen molar-refractivity contribution in [2.75, 3.05) is 32.1 Å². The first-order chi connectivity index (χ1) is 19.5. The van der Waals surface area contributed by atoms with E-state index in [4.69, 9.17) is 16.3 Å². The van der Waals surface area contributed by atoms with Crippen molar-refractivity contribution in [2.24, 2.45) is 5.92 Å². The zero-order valence-electron chi connectivity index (χ0n) is 23.2. The van der Waals surface area contributed by atoms with Crippen LogP contribution in [0.15, 0.2) is 77.7 Å². The summed E-state index contributed by atoms with van der Waals surface area (Å²) in [4.78, 5) is 28.0. The number of rotatable bonds is 9. The molecular weight excluding hydrogens is 566 g/mol. The van der Waals surface area contributed by atoms with Gasteiger partial charge in [-0.2, -0.15) is 4.31 Å². The highest BCUT2D eigenvalue weighted by Gasteiger charge is 2.35. The average Bonchev–Trinajstić information content (AvgIpc) is 2.95. The standard InChI is InChI=1S/C30H34ClN3O6S/c1-20-17-34(21(2)19-35)30(37)26-16-24(32-29(36)15-22-7-5-4-6-8-22)11-14-27(26)40-28(20)18-33(3)41(38,39)25-12-9-23(31)10-13-25/h4-14,16,20-21,28,35H,15,17-19H2,1-3H3,(H,32,36)/t20-,21-,28-/m1/s1. The molecule has 3 atom stereocenters. The number of amides is 2. The quantitative estimate of drug-likeness (QED) is 0.383. The summed E-state index contributed by atoms with van der Waals surface area (Å²) < 4.78 is 34.1. The number of likely N-dealkylation sites (N-methyl/N-ethyl adjacent to an activating group) is 1. The van der Waals surface area contributed by atoms with Gasteiger partial charge in [0, 0.05) is 30.2 Å². The number of sulfonamides is 1. The van der Waals surface area contributed by atoms with Crippen LogP contribution in [0.1, 0.15) is 29.8 Å². The molecule has 0 saturated heterocycles. The van der Waals surface area contributed by atoms with Gasteiger partial charge in [0.2, 0.25) is 15.9 Å². The van der Waals surface area contributed by atoms with E-state index < -0.39 is 22.2 Å². The van der Waals surface area contributed by atoms with E-state index in [1.807, 2.05) is 37.3 Å². The van der Waals surface area contributed by atoms with E-state index >= 15 is 0 Å². The molecule has 0 radical (unpaired) electrons. The van der Waals surface area contributed by atoms with Crippen molar-refractivity contribution in [1.29, 1.82) is 0 Å². The molecule has 218 valence electrons. The number of nitrogens with one attached hydrogen (secondary N) is 1. The number of carbonyl (C=O) groups excluding carboxylic acids is 2. The molecule has 0 aromatic heterocycles. The molecule has 1 heterocycles. The number of fused-ring (bicyclic) bond motifs is 1. The van der Waals surface area contributed by atoms with Gasteiger partial charge in [-0.15, -0.1) is 0 Å². The SMILES string of the molecule is C[C@@H]1CN([C@H](C)CO)C(=O)c2cc(NC(=O)Cc3ccccc3)ccc2O[C@@H]1CN(C)S(=O)(=O)c1ccc(Cl)cc1. The third-order valence-electron chi connectivity index (χ3n) is 7.11. The number of hydrogen-bond donors (Lipinski definition) is 2. The number of aliphatic hydroxyl groups is 1. The van der Waals surface area contributed by atoms with Crippen molar-refractivity contribution >= 4 is 39.1 Å². The third-order valence-corrected chi connectivity index (χ3v) is 9.20. The molecule has 0 spiro atoms. The predicted molar refractivity (Wildman–Crippen MR) is 158 cm³/mol. The Morgan fingerprint density at radius 3 is 2.49 bits per heavy atom. The minimum Gasteiger partial charge on any atom is -0.488 e. The largest absolute Gasteiger partial charge is 0.488 e. The number of ether oxygens (including phenoxy) is 1. The maximum Gasteiger partial charge on any atom is 0.258 e. The fraction of sp³-hybridized carbons (Fsp3) is 0.333. The van der Waals surface area contributed by atoms with Gasteiger partial charge in [0.1, 0.15) is 11.9 Å². The molecule has 2 amide bonds. The van der Waals surface area contributed by atoms with E-state index in [0.29, 0.717) is 10.7 Å². The summed E-state index contributed by atoms with van der Waals surface area (Å²) in [6.45, 7) is 3.60. The monoisotopic (exact) mass is 599 g/mol. The van der Waals surface area contributed by atoms with Crippen molar-refractivity contribution in [3.8, 4) is 5.75 Å². The topological polar surface area (TPSA) is 116 Å². The lowest BCUT2D eigenvalue weighted by Gasteiger charge is -2.38. The minimum absolute atomic E-state index is 0.0106. The smallest absolute Gasteiger partial charge is 0.258 e. The zero-order chi connectivity index (χ0) is 29.7. The highest BCUT2D eigenvalue weighted by molar-refractivity contribution is 7.89. The summed E-state index contributed by atoms with van der Waals surface area (Å²) >= 11 is 5.93. The number of aliphatic hydroxyl groups excluding tert-OH is 1. The second-order valence-electron chi connectivity index (χ2n) is 10.3. The van der Waals surface area contributed by atoms with E-state index in [0.717, 1.165) is 5.56 Å². The van der Waals surface area contributed by atoms with Crippen LogP contribution in [-0.2, 0) is 21.2 Å². The predicted octanol–water partition coefficient (Wildman–Crippen LogP) is 4.06. The molecular formula is C30H34ClN3O6S. The van der Waals surface area contributed by atoms with Crippen molar-refractivity contribution < 1.29 is 27.9 Å². The van der Waals surface area contributed by atoms with Crippen molar-refractivity contribution in [2.45, 2.75) is 37.3 Å². The number of anilines is 1. The van der Waals surface area contributed by atoms with E-state index in [1.165, 1.54) is 35.6 Å². The lowest BCUT2D eigenvalue weighted by atomic mass is 9.99. The Labute approximate surface area is 245 Å². The summed E-state index contributed by atoms with van der Waals surface area (Å²) in [5.74, 6) is -0.612. The Hall–Kier alpha value is -3.44. The fourth-order valence-electron chi connectivity index (χ4n) is 4.64. The molecule has 0 aliphatic carbocycles. The van der Waals surface area contributed by atoms with Crippen LogP contribution < -0.4 is 10.1 Å². The highest BCUT2D eigenvalue weighted by atomic mass is 35.5. The molecule has 0 fully saturated rings. The van der Waals surface area contributed by atoms with Crippen LogP contribution in [0.25, 0.3) is 0 Å². The average molecular weight is 600 g/mol. The van der Waals surface area contributed by atoms with Gasteiger partial charge in [-0.3, -0.25) is 9.59 Å². The van der Waals surface area contributed by atoms with Crippen LogP contribution in [0.2, 0.25) is 5.02 Å². The normalized spacial score (nSPS) is 18.2. The summed E-state index contributed by atoms with van der Waals surface area (Å²) in [7, 11) is -2.37. The number of carbonyl (C=O) groups is 2. The molecule has 11 heteroatoms. The maximum atomic E-state index is 13.7. The first kappa shape index (κ1) is 30.5. The van der Waals surface area contributed by atoms with E-state index in [9.17, 15) is 23.1 Å². The number of hydrogen-bond acceptors (Lipinski definition) is 6. The summed E-state index contributed by atoms with van der Waals surface area (Å²) in [6.07, 6.45) is -0.454. The second-order valence-corrected chi connectivity index (χ2v) is 12.8. The molecule has 0 saturated carbocycles. The van der Waals surface area contributed by atoms with E-state index in [-0.39, 0.29) is 60.1 Å². The van der Waals surface area contributed by atoms with Crippen molar-refractivity contribution in [3.63, 3.8) is 0 Å². The van der Waals surface area contributed by atoms with Gasteiger partial charge < -0.3 is 20.1 Å². The van der Waals surface area contributed by atoms with Crippen LogP contribution >= 0.6 is 11.6 Å². The van der Waals surface area contributed by atoms with Gasteiger partial charge in [0.25, 0.3) is 5.91 Å². The summed E-state index contributed by atoms with van der Waals surface area (Å²) in [6, 6.07) is 19.5. The van der Waals surface area contributed by atoms with E-state index in [2.05, 4.69) is 5.32 Å². The molecule has 3 aromatic carbocycles. The molecule has 4 rings (SSSR count). The summed E-state index contributed by atoms with van der Waals surface area (Å²) in [5.41, 5.74) is 1.49. The Bertz CT molecular complexity index is 1480. The number of nitrogens with zero attached hydrogens (tertiary/aromatic N) is 2. The van der Waals surface area contributed by atoms with Crippen molar-refractivity contribution in [3.05, 3.63) is 88.9 Å². The first-order valence-corrected chi connectivity index (χ1v) is 15.1. The van der Waals surface area contributed by atoms with Crippen LogP contribution in [0.4, 0.5) is 5.69 Å². The third kappa shape index (κ3) is 7.26. The zero-order valence-corrected chi connectivity index (χ0v) is 24.7. The Kier molecular flexibility index (Phi) is 9.70. The molecule has 1 aliphatic heterocycles. The van der Waals surface area contributed by atoms with Crippen LogP contribution in [0.5, 0.6) is 5.75 Å². The molecule has 3 aromatic rings. The lowest BCUT2D eigenvalue weighted by molar-refractivity contribution is -0.115. The van der Waals surface area contributed by atoms with Gasteiger partial charge in [-0.05, 0) is 55.0 Å². The molecule has 2 N–H and O–H groups in total. The highest BCUT2D eigenvalue weighted by Crippen LogP contribution is 2.31. The molecule has 41 heavy (non-hydrogen) atoms. The molecule has 0 bridgehead atoms. The molecule has 0 unspecified atom stereocenters. The fourth-order valence-corrected chi connectivity index (χ4v) is 5.95. The van der Waals surface area contributed by atoms with Gasteiger partial charge in [0.15, 0.2) is 0 Å². The first-order valence-electron chi connectivity index (χ1n) is 13.3. The van der Waals surface area contributed by atoms with Gasteiger partial charge >= 0.3 is 0 Å². The Balaban J connectivity index is 1.61. The van der Waals surface area contributed by atoms with Crippen molar-refractivity contribution in [1.82, 2.24) is 9.21 Å². The lowest BCUT2D eigenvalue weighted by Crippen LogP contribution is -2.50. The second kappa shape index (κ2) is 13.0. The number of halogens is 1. The van der Waals surface area contributed by atoms with Crippen LogP contribution in [-0.4, -0.2) is 73.4 Å².